The SMILES string of the molecule is O=C(OCc1cn2cc(CNCC34CC(F)(C3)C4)ccc2n1)c1cncc(N2CCCC2)c1. The molecule has 0 amide bonds. The molecule has 7 nitrogen and oxygen atoms in total. The van der Waals surface area contributed by atoms with Crippen LogP contribution in [0.4, 0.5) is 10.1 Å². The molecule has 3 aromatic heterocycles. The lowest BCUT2D eigenvalue weighted by atomic mass is 9.42. The molecule has 2 bridgehead atoms. The first-order valence-electron chi connectivity index (χ1n) is 11.7. The monoisotopic (exact) mass is 449 g/mol. The van der Waals surface area contributed by atoms with Crippen molar-refractivity contribution >= 4 is 17.3 Å². The lowest BCUT2D eigenvalue weighted by Gasteiger charge is -2.66. The van der Waals surface area contributed by atoms with Crippen molar-refractivity contribution in [2.24, 2.45) is 5.41 Å². The topological polar surface area (TPSA) is 71.8 Å². The molecule has 3 aliphatic carbocycles. The number of anilines is 1. The van der Waals surface area contributed by atoms with Gasteiger partial charge in [0.15, 0.2) is 0 Å². The summed E-state index contributed by atoms with van der Waals surface area (Å²) in [5, 5.41) is 3.47. The number of rotatable bonds is 8. The van der Waals surface area contributed by atoms with Gasteiger partial charge in [-0.3, -0.25) is 4.98 Å². The van der Waals surface area contributed by atoms with Crippen LogP contribution in [0.2, 0.25) is 0 Å². The molecule has 1 saturated heterocycles. The van der Waals surface area contributed by atoms with Gasteiger partial charge in [0.2, 0.25) is 0 Å². The fourth-order valence-corrected chi connectivity index (χ4v) is 5.70. The van der Waals surface area contributed by atoms with Crippen LogP contribution in [0.15, 0.2) is 43.0 Å². The number of hydrogen-bond donors (Lipinski definition) is 1. The summed E-state index contributed by atoms with van der Waals surface area (Å²) in [6.45, 7) is 3.71. The highest BCUT2D eigenvalue weighted by Gasteiger charge is 2.68. The van der Waals surface area contributed by atoms with Crippen molar-refractivity contribution in [2.75, 3.05) is 24.5 Å². The van der Waals surface area contributed by atoms with E-state index in [1.54, 1.807) is 12.4 Å². The number of esters is 1. The molecule has 4 fully saturated rings. The van der Waals surface area contributed by atoms with Crippen molar-refractivity contribution in [3.63, 3.8) is 0 Å². The molecular weight excluding hydrogens is 421 g/mol. The minimum absolute atomic E-state index is 0.107. The molecule has 0 atom stereocenters. The Morgan fingerprint density at radius 1 is 1.15 bits per heavy atom. The van der Waals surface area contributed by atoms with Gasteiger partial charge in [-0.05, 0) is 55.2 Å². The second-order valence-electron chi connectivity index (χ2n) is 10.0. The number of fused-ring (bicyclic) bond motifs is 1. The third kappa shape index (κ3) is 3.97. The molecule has 172 valence electrons. The molecule has 1 aliphatic heterocycles. The number of carbonyl (C=O) groups excluding carboxylic acids is 1. The average Bonchev–Trinajstić information content (AvgIpc) is 3.45. The summed E-state index contributed by atoms with van der Waals surface area (Å²) in [6, 6.07) is 5.85. The lowest BCUT2D eigenvalue weighted by molar-refractivity contribution is -0.209. The van der Waals surface area contributed by atoms with Crippen LogP contribution < -0.4 is 10.2 Å². The number of aromatic nitrogens is 3. The summed E-state index contributed by atoms with van der Waals surface area (Å²) in [5.41, 5.74) is 3.42. The number of ether oxygens (including phenoxy) is 1. The van der Waals surface area contributed by atoms with Crippen LogP contribution in [-0.4, -0.2) is 45.6 Å². The Morgan fingerprint density at radius 3 is 2.76 bits per heavy atom. The van der Waals surface area contributed by atoms with Crippen molar-refractivity contribution in [1.29, 1.82) is 0 Å². The quantitative estimate of drug-likeness (QED) is 0.529. The summed E-state index contributed by atoms with van der Waals surface area (Å²) in [4.78, 5) is 23.6. The minimum Gasteiger partial charge on any atom is -0.455 e. The van der Waals surface area contributed by atoms with Crippen molar-refractivity contribution < 1.29 is 13.9 Å². The molecular formula is C25H28FN5O2. The van der Waals surface area contributed by atoms with Crippen LogP contribution in [0.1, 0.15) is 53.7 Å². The number of halogens is 1. The molecule has 0 spiro atoms. The fourth-order valence-electron chi connectivity index (χ4n) is 5.70. The standard InChI is InChI=1S/C25H28FN5O2/c26-25-14-24(15-25,16-25)17-28-8-18-3-4-22-29-20(12-31(22)11-18)13-33-23(32)19-7-21(10-27-9-19)30-5-1-2-6-30/h3-4,7,9-12,28H,1-2,5-6,8,13-17H2. The van der Waals surface area contributed by atoms with Gasteiger partial charge in [0.25, 0.3) is 0 Å². The molecule has 0 unspecified atom stereocenters. The third-order valence-corrected chi connectivity index (χ3v) is 7.25. The Hall–Kier alpha value is -3.00. The number of alkyl halides is 1. The van der Waals surface area contributed by atoms with Crippen LogP contribution >= 0.6 is 0 Å². The Kier molecular flexibility index (Phi) is 4.87. The molecule has 3 saturated carbocycles. The van der Waals surface area contributed by atoms with E-state index in [1.807, 2.05) is 35.0 Å². The summed E-state index contributed by atoms with van der Waals surface area (Å²) in [6.07, 6.45) is 11.7. The summed E-state index contributed by atoms with van der Waals surface area (Å²) >= 11 is 0. The highest BCUT2D eigenvalue weighted by molar-refractivity contribution is 5.90. The van der Waals surface area contributed by atoms with Gasteiger partial charge < -0.3 is 19.4 Å². The lowest BCUT2D eigenvalue weighted by Crippen LogP contribution is -2.67. The van der Waals surface area contributed by atoms with E-state index in [9.17, 15) is 9.18 Å². The summed E-state index contributed by atoms with van der Waals surface area (Å²) < 4.78 is 21.1. The maximum Gasteiger partial charge on any atom is 0.340 e. The highest BCUT2D eigenvalue weighted by Crippen LogP contribution is 2.69. The third-order valence-electron chi connectivity index (χ3n) is 7.25. The maximum absolute atomic E-state index is 13.7. The predicted octanol–water partition coefficient (Wildman–Crippen LogP) is 3.67. The summed E-state index contributed by atoms with van der Waals surface area (Å²) in [5.74, 6) is -0.394. The fraction of sp³-hybridized carbons (Fsp3) is 0.480. The van der Waals surface area contributed by atoms with Gasteiger partial charge in [-0.25, -0.2) is 14.2 Å². The van der Waals surface area contributed by atoms with Gasteiger partial charge in [-0.15, -0.1) is 0 Å². The Morgan fingerprint density at radius 2 is 1.97 bits per heavy atom. The second-order valence-corrected chi connectivity index (χ2v) is 10.0. The molecule has 33 heavy (non-hydrogen) atoms. The van der Waals surface area contributed by atoms with E-state index >= 15 is 0 Å². The molecule has 1 N–H and O–H groups in total. The number of nitrogens with zero attached hydrogens (tertiary/aromatic N) is 4. The second kappa shape index (κ2) is 7.80. The highest BCUT2D eigenvalue weighted by atomic mass is 19.1. The van der Waals surface area contributed by atoms with E-state index in [0.29, 0.717) is 30.5 Å². The van der Waals surface area contributed by atoms with Crippen molar-refractivity contribution in [2.45, 2.75) is 50.9 Å². The van der Waals surface area contributed by atoms with Crippen LogP contribution in [0.25, 0.3) is 5.65 Å². The van der Waals surface area contributed by atoms with Crippen molar-refractivity contribution in [1.82, 2.24) is 19.7 Å². The van der Waals surface area contributed by atoms with E-state index in [4.69, 9.17) is 4.74 Å². The zero-order valence-corrected chi connectivity index (χ0v) is 18.6. The average molecular weight is 450 g/mol. The van der Waals surface area contributed by atoms with Crippen LogP contribution in [0, 0.1) is 5.41 Å². The zero-order valence-electron chi connectivity index (χ0n) is 18.6. The van der Waals surface area contributed by atoms with Gasteiger partial charge in [-0.1, -0.05) is 6.07 Å². The number of carbonyl (C=O) groups is 1. The normalized spacial score (nSPS) is 25.7. The Balaban J connectivity index is 1.05. The van der Waals surface area contributed by atoms with E-state index in [2.05, 4.69) is 20.2 Å². The first-order valence-corrected chi connectivity index (χ1v) is 11.7. The van der Waals surface area contributed by atoms with Crippen LogP contribution in [0.5, 0.6) is 0 Å². The maximum atomic E-state index is 13.7. The van der Waals surface area contributed by atoms with Gasteiger partial charge in [0, 0.05) is 44.8 Å². The number of imidazole rings is 1. The molecule has 4 aliphatic rings. The van der Waals surface area contributed by atoms with Crippen LogP contribution in [0.3, 0.4) is 0 Å². The van der Waals surface area contributed by atoms with Gasteiger partial charge in [0.05, 0.1) is 23.1 Å². The van der Waals surface area contributed by atoms with Gasteiger partial charge in [-0.2, -0.15) is 0 Å². The Bertz CT molecular complexity index is 1180. The number of pyridine rings is 2. The number of nitrogens with one attached hydrogen (secondary N) is 1. The van der Waals surface area contributed by atoms with E-state index in [1.165, 1.54) is 12.8 Å². The first-order chi connectivity index (χ1) is 16.0. The molecule has 8 heteroatoms. The molecule has 0 radical (unpaired) electrons. The van der Waals surface area contributed by atoms with Crippen molar-refractivity contribution in [3.8, 4) is 0 Å². The smallest absolute Gasteiger partial charge is 0.340 e. The number of hydrogen-bond acceptors (Lipinski definition) is 6. The molecule has 3 aromatic rings. The van der Waals surface area contributed by atoms with Crippen molar-refractivity contribution in [3.05, 3.63) is 59.8 Å². The van der Waals surface area contributed by atoms with E-state index in [0.717, 1.165) is 43.1 Å². The molecule has 4 heterocycles. The van der Waals surface area contributed by atoms with Gasteiger partial charge in [0.1, 0.15) is 17.9 Å². The largest absolute Gasteiger partial charge is 0.455 e. The van der Waals surface area contributed by atoms with Gasteiger partial charge >= 0.3 is 5.97 Å². The van der Waals surface area contributed by atoms with Crippen LogP contribution in [-0.2, 0) is 17.9 Å². The minimum atomic E-state index is -0.843. The Labute approximate surface area is 192 Å². The first kappa shape index (κ1) is 20.6. The molecule has 0 aromatic carbocycles. The zero-order chi connectivity index (χ0) is 22.5. The predicted molar refractivity (Wildman–Crippen MR) is 122 cm³/mol. The molecule has 7 rings (SSSR count). The summed E-state index contributed by atoms with van der Waals surface area (Å²) in [7, 11) is 0. The van der Waals surface area contributed by atoms with E-state index in [-0.39, 0.29) is 12.0 Å². The van der Waals surface area contributed by atoms with E-state index < -0.39 is 11.6 Å².